The van der Waals surface area contributed by atoms with Crippen LogP contribution in [0.1, 0.15) is 49.0 Å². The molecule has 0 saturated carbocycles. The van der Waals surface area contributed by atoms with Gasteiger partial charge in [-0.2, -0.15) is 0 Å². The Hall–Kier alpha value is -2.20. The van der Waals surface area contributed by atoms with Crippen LogP contribution in [0, 0.1) is 0 Å². The number of Topliss-reactive ketones (excluding diaryl/α,β-unsaturated/α-hetero) is 1. The summed E-state index contributed by atoms with van der Waals surface area (Å²) in [7, 11) is 4.13. The summed E-state index contributed by atoms with van der Waals surface area (Å²) in [6.45, 7) is 4.54. The van der Waals surface area contributed by atoms with Crippen LogP contribution in [0.15, 0.2) is 35.9 Å². The lowest BCUT2D eigenvalue weighted by molar-refractivity contribution is -0.110. The first-order valence-electron chi connectivity index (χ1n) is 8.41. The number of hydrogen-bond donors (Lipinski definition) is 1. The summed E-state index contributed by atoms with van der Waals surface area (Å²) in [5.41, 5.74) is 4.00. The van der Waals surface area contributed by atoms with E-state index < -0.39 is 0 Å². The van der Waals surface area contributed by atoms with E-state index in [1.807, 2.05) is 31.2 Å². The Morgan fingerprint density at radius 3 is 2.62 bits per heavy atom. The van der Waals surface area contributed by atoms with E-state index in [0.29, 0.717) is 11.1 Å². The van der Waals surface area contributed by atoms with Crippen LogP contribution < -0.4 is 5.32 Å². The lowest BCUT2D eigenvalue weighted by atomic mass is 9.95. The maximum Gasteiger partial charge on any atom is 0.256 e. The fraction of sp³-hybridized carbons (Fsp3) is 0.400. The Balaban J connectivity index is 2.34. The van der Waals surface area contributed by atoms with Crippen LogP contribution in [0.3, 0.4) is 0 Å². The Morgan fingerprint density at radius 1 is 1.25 bits per heavy atom. The van der Waals surface area contributed by atoms with Crippen LogP contribution >= 0.6 is 0 Å². The van der Waals surface area contributed by atoms with Gasteiger partial charge in [0.2, 0.25) is 0 Å². The first-order valence-corrected chi connectivity index (χ1v) is 8.41. The molecular weight excluding hydrogens is 300 g/mol. The van der Waals surface area contributed by atoms with E-state index >= 15 is 0 Å². The molecule has 1 aromatic rings. The molecule has 1 aromatic carbocycles. The van der Waals surface area contributed by atoms with Crippen molar-refractivity contribution in [3.05, 3.63) is 47.1 Å². The van der Waals surface area contributed by atoms with E-state index in [1.54, 1.807) is 13.0 Å². The molecule has 0 unspecified atom stereocenters. The van der Waals surface area contributed by atoms with Gasteiger partial charge in [0.15, 0.2) is 5.78 Å². The monoisotopic (exact) mass is 326 g/mol. The highest BCUT2D eigenvalue weighted by Crippen LogP contribution is 2.36. The fourth-order valence-electron chi connectivity index (χ4n) is 2.94. The number of carbonyl (C=O) groups excluding carboxylic acids is 2. The number of hydrogen-bond acceptors (Lipinski definition) is 3. The van der Waals surface area contributed by atoms with Crippen LogP contribution in [-0.2, 0) is 4.79 Å². The van der Waals surface area contributed by atoms with Crippen LogP contribution in [0.5, 0.6) is 0 Å². The topological polar surface area (TPSA) is 49.4 Å². The number of ketones is 1. The van der Waals surface area contributed by atoms with E-state index in [1.165, 1.54) is 0 Å². The summed E-state index contributed by atoms with van der Waals surface area (Å²) in [5, 5.41) is 2.91. The second-order valence-corrected chi connectivity index (χ2v) is 6.43. The lowest BCUT2D eigenvalue weighted by Gasteiger charge is -2.11. The zero-order chi connectivity index (χ0) is 17.7. The molecule has 0 spiro atoms. The Bertz CT molecular complexity index is 700. The second kappa shape index (κ2) is 8.06. The highest BCUT2D eigenvalue weighted by molar-refractivity contribution is 6.32. The van der Waals surface area contributed by atoms with Crippen molar-refractivity contribution in [1.82, 2.24) is 4.90 Å². The van der Waals surface area contributed by atoms with Crippen molar-refractivity contribution in [1.29, 1.82) is 0 Å². The van der Waals surface area contributed by atoms with Gasteiger partial charge in [0, 0.05) is 16.8 Å². The zero-order valence-corrected chi connectivity index (χ0v) is 15.0. The van der Waals surface area contributed by atoms with E-state index in [0.717, 1.165) is 42.6 Å². The number of amides is 1. The number of nitrogens with zero attached hydrogens (tertiary/aromatic N) is 1. The van der Waals surface area contributed by atoms with Gasteiger partial charge in [-0.25, -0.2) is 0 Å². The van der Waals surface area contributed by atoms with Crippen LogP contribution in [0.2, 0.25) is 0 Å². The van der Waals surface area contributed by atoms with Gasteiger partial charge in [0.1, 0.15) is 0 Å². The SMILES string of the molecule is CC=CC(CCCCN(C)C)=C1C(=O)Nc2ccc(C(C)=O)cc21. The predicted octanol–water partition coefficient (Wildman–Crippen LogP) is 3.90. The summed E-state index contributed by atoms with van der Waals surface area (Å²) in [6, 6.07) is 5.40. The molecule has 4 heteroatoms. The molecule has 2 rings (SSSR count). The van der Waals surface area contributed by atoms with Crippen molar-refractivity contribution in [3.63, 3.8) is 0 Å². The van der Waals surface area contributed by atoms with Crippen molar-refractivity contribution in [2.45, 2.75) is 33.1 Å². The molecular formula is C20H26N2O2. The second-order valence-electron chi connectivity index (χ2n) is 6.43. The summed E-state index contributed by atoms with van der Waals surface area (Å²) >= 11 is 0. The third-order valence-corrected chi connectivity index (χ3v) is 4.16. The van der Waals surface area contributed by atoms with Gasteiger partial charge in [-0.15, -0.1) is 0 Å². The van der Waals surface area contributed by atoms with Crippen molar-refractivity contribution in [2.75, 3.05) is 26.0 Å². The van der Waals surface area contributed by atoms with Crippen LogP contribution in [-0.4, -0.2) is 37.2 Å². The number of rotatable bonds is 7. The number of benzene rings is 1. The highest BCUT2D eigenvalue weighted by Gasteiger charge is 2.27. The third-order valence-electron chi connectivity index (χ3n) is 4.16. The molecule has 24 heavy (non-hydrogen) atoms. The molecule has 1 aliphatic heterocycles. The molecule has 0 atom stereocenters. The minimum atomic E-state index is -0.0774. The number of nitrogens with one attached hydrogen (secondary N) is 1. The minimum absolute atomic E-state index is 0.00932. The van der Waals surface area contributed by atoms with E-state index in [4.69, 9.17) is 0 Å². The third kappa shape index (κ3) is 4.20. The molecule has 0 radical (unpaired) electrons. The van der Waals surface area contributed by atoms with Gasteiger partial charge >= 0.3 is 0 Å². The average molecular weight is 326 g/mol. The van der Waals surface area contributed by atoms with Crippen molar-refractivity contribution in [2.24, 2.45) is 0 Å². The van der Waals surface area contributed by atoms with Crippen molar-refractivity contribution >= 4 is 23.0 Å². The van der Waals surface area contributed by atoms with Gasteiger partial charge in [-0.3, -0.25) is 9.59 Å². The number of unbranched alkanes of at least 4 members (excludes halogenated alkanes) is 1. The predicted molar refractivity (Wildman–Crippen MR) is 99.2 cm³/mol. The number of carbonyl (C=O) groups is 2. The van der Waals surface area contributed by atoms with Crippen LogP contribution in [0.4, 0.5) is 5.69 Å². The maximum atomic E-state index is 12.5. The summed E-state index contributed by atoms with van der Waals surface area (Å²) in [6.07, 6.45) is 6.94. The number of anilines is 1. The maximum absolute atomic E-state index is 12.5. The van der Waals surface area contributed by atoms with E-state index in [9.17, 15) is 9.59 Å². The largest absolute Gasteiger partial charge is 0.321 e. The normalized spacial score (nSPS) is 15.8. The van der Waals surface area contributed by atoms with E-state index in [2.05, 4.69) is 24.3 Å². The molecule has 0 aromatic heterocycles. The standard InChI is InChI=1S/C20H26N2O2/c1-5-8-15(9-6-7-12-22(3)4)19-17-13-16(14(2)23)10-11-18(17)21-20(19)24/h5,8,10-11,13H,6-7,9,12H2,1-4H3,(H,21,24). The Labute approximate surface area is 144 Å². The van der Waals surface area contributed by atoms with E-state index in [-0.39, 0.29) is 11.7 Å². The number of fused-ring (bicyclic) bond motifs is 1. The Morgan fingerprint density at radius 2 is 2.00 bits per heavy atom. The van der Waals surface area contributed by atoms with Gasteiger partial charge in [-0.05, 0) is 77.5 Å². The Kier molecular flexibility index (Phi) is 6.10. The molecule has 0 fully saturated rings. The molecule has 1 amide bonds. The quantitative estimate of drug-likeness (QED) is 0.469. The molecule has 0 bridgehead atoms. The van der Waals surface area contributed by atoms with Crippen molar-refractivity contribution in [3.8, 4) is 0 Å². The zero-order valence-electron chi connectivity index (χ0n) is 15.0. The average Bonchev–Trinajstić information content (AvgIpc) is 2.85. The van der Waals surface area contributed by atoms with Crippen molar-refractivity contribution < 1.29 is 9.59 Å². The lowest BCUT2D eigenvalue weighted by Crippen LogP contribution is -2.12. The molecule has 0 saturated heterocycles. The summed E-state index contributed by atoms with van der Waals surface area (Å²) in [5.74, 6) is -0.0681. The molecule has 1 aliphatic rings. The highest BCUT2D eigenvalue weighted by atomic mass is 16.2. The number of allylic oxidation sites excluding steroid dienone is 3. The first-order chi connectivity index (χ1) is 11.4. The van der Waals surface area contributed by atoms with Gasteiger partial charge in [-0.1, -0.05) is 12.2 Å². The summed E-state index contributed by atoms with van der Waals surface area (Å²) < 4.78 is 0. The molecule has 1 heterocycles. The fourth-order valence-corrected chi connectivity index (χ4v) is 2.94. The van der Waals surface area contributed by atoms with Gasteiger partial charge < -0.3 is 10.2 Å². The first kappa shape index (κ1) is 18.1. The molecule has 0 aliphatic carbocycles. The van der Waals surface area contributed by atoms with Gasteiger partial charge in [0.25, 0.3) is 5.91 Å². The molecule has 128 valence electrons. The summed E-state index contributed by atoms with van der Waals surface area (Å²) in [4.78, 5) is 26.3. The molecule has 4 nitrogen and oxygen atoms in total. The minimum Gasteiger partial charge on any atom is -0.321 e. The molecule has 1 N–H and O–H groups in total. The van der Waals surface area contributed by atoms with Crippen LogP contribution in [0.25, 0.3) is 5.57 Å². The smallest absolute Gasteiger partial charge is 0.256 e. The van der Waals surface area contributed by atoms with Gasteiger partial charge in [0.05, 0.1) is 5.57 Å².